The van der Waals surface area contributed by atoms with Crippen molar-refractivity contribution in [2.45, 2.75) is 64.7 Å². The molecule has 1 fully saturated rings. The number of nitrogens with one attached hydrogen (secondary N) is 1. The van der Waals surface area contributed by atoms with Gasteiger partial charge in [0.1, 0.15) is 16.7 Å². The van der Waals surface area contributed by atoms with E-state index in [1.807, 2.05) is 0 Å². The van der Waals surface area contributed by atoms with Gasteiger partial charge in [-0.15, -0.1) is 11.3 Å². The standard InChI is InChI=1S/C22H32N4O4S/c1-13-6-7-14-15(9-23)20(31-18(14)8-13)24-19(28)12-25(5)16-10-26(11-17(16)27)21(29)30-22(2,3)4/h13,16-17,27H,6-8,10-12H2,1-5H3,(H,24,28)/t13-,16-,17-/m0/s1. The van der Waals surface area contributed by atoms with Crippen LogP contribution in [0.3, 0.4) is 0 Å². The van der Waals surface area contributed by atoms with Gasteiger partial charge in [0.2, 0.25) is 5.91 Å². The van der Waals surface area contributed by atoms with E-state index in [0.717, 1.165) is 24.8 Å². The number of likely N-dealkylation sites (N-methyl/N-ethyl adjacent to an activating group) is 1. The molecule has 0 spiro atoms. The van der Waals surface area contributed by atoms with Gasteiger partial charge in [0.05, 0.1) is 30.8 Å². The Labute approximate surface area is 187 Å². The Bertz CT molecular complexity index is 885. The number of hydrogen-bond acceptors (Lipinski definition) is 7. The monoisotopic (exact) mass is 448 g/mol. The first-order valence-electron chi connectivity index (χ1n) is 10.7. The molecule has 2 aliphatic rings. The molecule has 1 aliphatic heterocycles. The Morgan fingerprint density at radius 2 is 2.10 bits per heavy atom. The highest BCUT2D eigenvalue weighted by atomic mass is 32.1. The van der Waals surface area contributed by atoms with Gasteiger partial charge >= 0.3 is 6.09 Å². The molecule has 0 unspecified atom stereocenters. The average molecular weight is 449 g/mol. The molecule has 2 heterocycles. The molecule has 8 nitrogen and oxygen atoms in total. The van der Waals surface area contributed by atoms with Crippen LogP contribution in [0.4, 0.5) is 9.80 Å². The van der Waals surface area contributed by atoms with Crippen molar-refractivity contribution in [3.05, 3.63) is 16.0 Å². The van der Waals surface area contributed by atoms with Gasteiger partial charge < -0.3 is 20.1 Å². The van der Waals surface area contributed by atoms with E-state index in [2.05, 4.69) is 18.3 Å². The molecule has 2 N–H and O–H groups in total. The number of ether oxygens (including phenoxy) is 1. The summed E-state index contributed by atoms with van der Waals surface area (Å²) < 4.78 is 5.38. The van der Waals surface area contributed by atoms with Crippen LogP contribution >= 0.6 is 11.3 Å². The van der Waals surface area contributed by atoms with E-state index in [-0.39, 0.29) is 31.6 Å². The minimum Gasteiger partial charge on any atom is -0.444 e. The molecule has 1 saturated heterocycles. The molecule has 0 aromatic carbocycles. The summed E-state index contributed by atoms with van der Waals surface area (Å²) in [5.74, 6) is 0.345. The van der Waals surface area contributed by atoms with Crippen LogP contribution in [0.25, 0.3) is 0 Å². The highest BCUT2D eigenvalue weighted by molar-refractivity contribution is 7.16. The molecule has 9 heteroatoms. The second-order valence-corrected chi connectivity index (χ2v) is 10.8. The van der Waals surface area contributed by atoms with Crippen LogP contribution < -0.4 is 5.32 Å². The second kappa shape index (κ2) is 9.15. The number of amides is 2. The van der Waals surface area contributed by atoms with Gasteiger partial charge in [-0.25, -0.2) is 4.79 Å². The van der Waals surface area contributed by atoms with Gasteiger partial charge in [0, 0.05) is 11.4 Å². The lowest BCUT2D eigenvalue weighted by molar-refractivity contribution is -0.117. The smallest absolute Gasteiger partial charge is 0.410 e. The lowest BCUT2D eigenvalue weighted by Gasteiger charge is -2.26. The maximum absolute atomic E-state index is 12.7. The van der Waals surface area contributed by atoms with E-state index in [1.54, 1.807) is 32.7 Å². The number of hydrogen-bond donors (Lipinski definition) is 2. The normalized spacial score (nSPS) is 23.4. The molecule has 170 valence electrons. The van der Waals surface area contributed by atoms with E-state index in [0.29, 0.717) is 16.5 Å². The summed E-state index contributed by atoms with van der Waals surface area (Å²) in [5.41, 5.74) is 1.05. The van der Waals surface area contributed by atoms with Crippen LogP contribution in [0.5, 0.6) is 0 Å². The Kier molecular flexibility index (Phi) is 6.94. The van der Waals surface area contributed by atoms with E-state index in [1.165, 1.54) is 21.1 Å². The van der Waals surface area contributed by atoms with E-state index >= 15 is 0 Å². The fourth-order valence-corrected chi connectivity index (χ4v) is 5.52. The first kappa shape index (κ1) is 23.5. The lowest BCUT2D eigenvalue weighted by atomic mass is 9.89. The summed E-state index contributed by atoms with van der Waals surface area (Å²) in [6, 6.07) is 1.89. The second-order valence-electron chi connectivity index (χ2n) is 9.65. The Balaban J connectivity index is 1.60. The van der Waals surface area contributed by atoms with Gasteiger partial charge in [-0.1, -0.05) is 6.92 Å². The number of likely N-dealkylation sites (tertiary alicyclic amines) is 1. The zero-order chi connectivity index (χ0) is 22.9. The third kappa shape index (κ3) is 5.56. The van der Waals surface area contributed by atoms with Crippen molar-refractivity contribution < 1.29 is 19.4 Å². The Morgan fingerprint density at radius 3 is 2.74 bits per heavy atom. The van der Waals surface area contributed by atoms with Gasteiger partial charge in [-0.2, -0.15) is 5.26 Å². The van der Waals surface area contributed by atoms with Crippen LogP contribution in [0.2, 0.25) is 0 Å². The largest absolute Gasteiger partial charge is 0.444 e. The van der Waals surface area contributed by atoms with Crippen LogP contribution in [0, 0.1) is 17.2 Å². The quantitative estimate of drug-likeness (QED) is 0.733. The molecule has 2 amide bonds. The van der Waals surface area contributed by atoms with E-state index in [9.17, 15) is 20.0 Å². The van der Waals surface area contributed by atoms with E-state index in [4.69, 9.17) is 4.74 Å². The molecular weight excluding hydrogens is 416 g/mol. The van der Waals surface area contributed by atoms with E-state index < -0.39 is 17.8 Å². The van der Waals surface area contributed by atoms with Crippen molar-refractivity contribution in [3.63, 3.8) is 0 Å². The zero-order valence-corrected chi connectivity index (χ0v) is 19.7. The zero-order valence-electron chi connectivity index (χ0n) is 18.9. The molecule has 3 atom stereocenters. The summed E-state index contributed by atoms with van der Waals surface area (Å²) >= 11 is 1.50. The molecule has 1 aliphatic carbocycles. The fraction of sp³-hybridized carbons (Fsp3) is 0.682. The number of aliphatic hydroxyl groups excluding tert-OH is 1. The maximum atomic E-state index is 12.7. The molecule has 1 aromatic heterocycles. The number of nitrogens with zero attached hydrogens (tertiary/aromatic N) is 3. The predicted molar refractivity (Wildman–Crippen MR) is 119 cm³/mol. The molecule has 31 heavy (non-hydrogen) atoms. The number of anilines is 1. The van der Waals surface area contributed by atoms with Crippen LogP contribution in [-0.4, -0.2) is 71.3 Å². The summed E-state index contributed by atoms with van der Waals surface area (Å²) in [7, 11) is 1.75. The van der Waals surface area contributed by atoms with Crippen molar-refractivity contribution in [3.8, 4) is 6.07 Å². The number of aliphatic hydroxyl groups is 1. The average Bonchev–Trinajstić information content (AvgIpc) is 3.19. The number of thiophene rings is 1. The number of rotatable bonds is 4. The number of fused-ring (bicyclic) bond motifs is 1. The lowest BCUT2D eigenvalue weighted by Crippen LogP contribution is -2.44. The molecule has 0 radical (unpaired) electrons. The molecule has 0 bridgehead atoms. The predicted octanol–water partition coefficient (Wildman–Crippen LogP) is 2.60. The first-order valence-corrected chi connectivity index (χ1v) is 11.5. The Morgan fingerprint density at radius 1 is 1.39 bits per heavy atom. The summed E-state index contributed by atoms with van der Waals surface area (Å²) in [5, 5.41) is 23.5. The van der Waals surface area contributed by atoms with Crippen molar-refractivity contribution in [1.82, 2.24) is 9.80 Å². The van der Waals surface area contributed by atoms with Crippen molar-refractivity contribution in [2.75, 3.05) is 32.0 Å². The number of nitriles is 1. The third-order valence-electron chi connectivity index (χ3n) is 5.75. The van der Waals surface area contributed by atoms with Crippen LogP contribution in [0.15, 0.2) is 0 Å². The minimum absolute atomic E-state index is 0.0493. The van der Waals surface area contributed by atoms with Crippen molar-refractivity contribution in [2.24, 2.45) is 5.92 Å². The highest BCUT2D eigenvalue weighted by Crippen LogP contribution is 2.39. The van der Waals surface area contributed by atoms with Gasteiger partial charge in [-0.3, -0.25) is 9.69 Å². The summed E-state index contributed by atoms with van der Waals surface area (Å²) in [6.45, 7) is 8.09. The van der Waals surface area contributed by atoms with Gasteiger partial charge in [-0.05, 0) is 58.6 Å². The van der Waals surface area contributed by atoms with Crippen molar-refractivity contribution >= 4 is 28.3 Å². The summed E-state index contributed by atoms with van der Waals surface area (Å²) in [4.78, 5) is 29.4. The Hall–Kier alpha value is -2.15. The summed E-state index contributed by atoms with van der Waals surface area (Å²) in [6.07, 6.45) is 1.64. The topological polar surface area (TPSA) is 106 Å². The highest BCUT2D eigenvalue weighted by Gasteiger charge is 2.38. The van der Waals surface area contributed by atoms with Crippen LogP contribution in [0.1, 0.15) is 50.1 Å². The molecule has 1 aromatic rings. The number of carbonyl (C=O) groups excluding carboxylic acids is 2. The fourth-order valence-electron chi connectivity index (χ4n) is 4.15. The van der Waals surface area contributed by atoms with Gasteiger partial charge in [0.15, 0.2) is 0 Å². The molecule has 3 rings (SSSR count). The first-order chi connectivity index (χ1) is 14.5. The maximum Gasteiger partial charge on any atom is 0.410 e. The molecular formula is C22H32N4O4S. The van der Waals surface area contributed by atoms with Crippen LogP contribution in [-0.2, 0) is 22.4 Å². The number of β-amino-alcohol motifs (C(OH)–C–C–N with tert-alkyl or cyclic N) is 1. The number of carbonyl (C=O) groups is 2. The third-order valence-corrected chi connectivity index (χ3v) is 6.92. The van der Waals surface area contributed by atoms with Gasteiger partial charge in [0.25, 0.3) is 0 Å². The molecule has 0 saturated carbocycles. The van der Waals surface area contributed by atoms with Crippen molar-refractivity contribution in [1.29, 1.82) is 5.26 Å². The SMILES string of the molecule is C[C@H]1CCc2c(sc(NC(=O)CN(C)[C@H]3CN(C(=O)OC(C)(C)C)C[C@@H]3O)c2C#N)C1. The minimum atomic E-state index is -0.768.